The Morgan fingerprint density at radius 1 is 1.23 bits per heavy atom. The Bertz CT molecular complexity index is 1150. The molecule has 0 spiro atoms. The summed E-state index contributed by atoms with van der Waals surface area (Å²) in [7, 11) is 0. The first-order chi connectivity index (χ1) is 14.5. The Kier molecular flexibility index (Phi) is 5.27. The number of benzene rings is 2. The van der Waals surface area contributed by atoms with Gasteiger partial charge in [0, 0.05) is 23.1 Å². The first-order valence-corrected chi connectivity index (χ1v) is 10.2. The molecule has 11 heteroatoms. The zero-order chi connectivity index (χ0) is 21.3. The van der Waals surface area contributed by atoms with Gasteiger partial charge in [0.2, 0.25) is 0 Å². The molecule has 1 aliphatic rings. The molecule has 0 fully saturated rings. The van der Waals surface area contributed by atoms with Gasteiger partial charge >= 0.3 is 0 Å². The predicted molar refractivity (Wildman–Crippen MR) is 110 cm³/mol. The molecule has 2 aromatic carbocycles. The van der Waals surface area contributed by atoms with Crippen molar-refractivity contribution in [2.24, 2.45) is 0 Å². The van der Waals surface area contributed by atoms with Crippen LogP contribution in [0.2, 0.25) is 0 Å². The van der Waals surface area contributed by atoms with Gasteiger partial charge in [0.05, 0.1) is 22.0 Å². The van der Waals surface area contributed by atoms with Gasteiger partial charge in [0.1, 0.15) is 13.2 Å². The van der Waals surface area contributed by atoms with Crippen molar-refractivity contribution in [1.29, 1.82) is 0 Å². The number of nitro groups is 1. The second-order valence-corrected chi connectivity index (χ2v) is 7.21. The van der Waals surface area contributed by atoms with E-state index in [9.17, 15) is 14.9 Å². The normalized spacial score (nSPS) is 12.5. The van der Waals surface area contributed by atoms with Crippen LogP contribution in [0, 0.1) is 17.0 Å². The molecular weight excluding hydrogens is 410 g/mol. The number of non-ortho nitro benzene ring substituents is 1. The van der Waals surface area contributed by atoms with Crippen molar-refractivity contribution in [3.8, 4) is 17.2 Å². The zero-order valence-corrected chi connectivity index (χ0v) is 16.9. The fourth-order valence-corrected chi connectivity index (χ4v) is 3.60. The maximum Gasteiger partial charge on any atom is 0.278 e. The van der Waals surface area contributed by atoms with Gasteiger partial charge in [-0.2, -0.15) is 0 Å². The molecule has 0 atom stereocenters. The fraction of sp³-hybridized carbons (Fsp3) is 0.211. The minimum atomic E-state index is -0.491. The molecule has 1 aromatic heterocycles. The number of nitrogens with zero attached hydrogens (tertiary/aromatic N) is 4. The Labute approximate surface area is 175 Å². The Balaban J connectivity index is 1.63. The number of rotatable bonds is 5. The van der Waals surface area contributed by atoms with Crippen molar-refractivity contribution in [2.45, 2.75) is 11.8 Å². The number of thioether (sulfide) groups is 1. The summed E-state index contributed by atoms with van der Waals surface area (Å²) in [6, 6.07) is 9.50. The molecule has 0 aliphatic carbocycles. The standard InChI is InChI=1S/C19H17N5O5S/c1-11-18(21-22-23(11)12-4-3-5-13(8-12)24(26)27)19(25)20-14-9-15-16(10-17(14)30-2)29-7-6-28-15/h3-5,8-10H,6-7H2,1-2H3,(H,20,25). The van der Waals surface area contributed by atoms with Gasteiger partial charge in [-0.05, 0) is 25.3 Å². The fourth-order valence-electron chi connectivity index (χ4n) is 3.04. The average molecular weight is 427 g/mol. The molecule has 0 unspecified atom stereocenters. The van der Waals surface area contributed by atoms with E-state index in [1.54, 1.807) is 25.1 Å². The lowest BCUT2D eigenvalue weighted by molar-refractivity contribution is -0.384. The summed E-state index contributed by atoms with van der Waals surface area (Å²) in [5.41, 5.74) is 1.51. The molecule has 1 N–H and O–H groups in total. The Hall–Kier alpha value is -3.60. The Morgan fingerprint density at radius 3 is 2.67 bits per heavy atom. The highest BCUT2D eigenvalue weighted by atomic mass is 32.2. The number of nitro benzene ring substituents is 1. The molecule has 4 rings (SSSR count). The number of anilines is 1. The van der Waals surface area contributed by atoms with E-state index in [0.29, 0.717) is 41.8 Å². The van der Waals surface area contributed by atoms with Crippen LogP contribution >= 0.6 is 11.8 Å². The summed E-state index contributed by atoms with van der Waals surface area (Å²) in [5, 5.41) is 21.8. The van der Waals surface area contributed by atoms with Crippen LogP contribution in [-0.4, -0.2) is 45.3 Å². The van der Waals surface area contributed by atoms with Gasteiger partial charge in [0.25, 0.3) is 11.6 Å². The summed E-state index contributed by atoms with van der Waals surface area (Å²) >= 11 is 1.46. The molecule has 0 radical (unpaired) electrons. The van der Waals surface area contributed by atoms with Crippen LogP contribution in [0.4, 0.5) is 11.4 Å². The van der Waals surface area contributed by atoms with E-state index >= 15 is 0 Å². The lowest BCUT2D eigenvalue weighted by Crippen LogP contribution is -2.18. The predicted octanol–water partition coefficient (Wildman–Crippen LogP) is 3.23. The molecule has 2 heterocycles. The third-order valence-corrected chi connectivity index (χ3v) is 5.28. The molecule has 0 saturated heterocycles. The number of hydrogen-bond acceptors (Lipinski definition) is 8. The zero-order valence-electron chi connectivity index (χ0n) is 16.1. The number of hydrogen-bond donors (Lipinski definition) is 1. The van der Waals surface area contributed by atoms with Gasteiger partial charge in [-0.25, -0.2) is 4.68 Å². The maximum atomic E-state index is 12.9. The summed E-state index contributed by atoms with van der Waals surface area (Å²) in [5.74, 6) is 0.749. The molecule has 1 amide bonds. The van der Waals surface area contributed by atoms with Crippen molar-refractivity contribution in [3.63, 3.8) is 0 Å². The topological polar surface area (TPSA) is 121 Å². The third kappa shape index (κ3) is 3.66. The number of amides is 1. The van der Waals surface area contributed by atoms with Crippen LogP contribution in [0.15, 0.2) is 41.3 Å². The van der Waals surface area contributed by atoms with E-state index in [0.717, 1.165) is 4.90 Å². The quantitative estimate of drug-likeness (QED) is 0.374. The van der Waals surface area contributed by atoms with E-state index in [1.807, 2.05) is 12.3 Å². The molecular formula is C19H17N5O5S. The van der Waals surface area contributed by atoms with Crippen molar-refractivity contribution in [1.82, 2.24) is 15.0 Å². The molecule has 1 aliphatic heterocycles. The van der Waals surface area contributed by atoms with Gasteiger partial charge in [-0.15, -0.1) is 16.9 Å². The van der Waals surface area contributed by atoms with E-state index in [4.69, 9.17) is 9.47 Å². The largest absolute Gasteiger partial charge is 0.486 e. The van der Waals surface area contributed by atoms with E-state index in [2.05, 4.69) is 15.6 Å². The smallest absolute Gasteiger partial charge is 0.278 e. The average Bonchev–Trinajstić information content (AvgIpc) is 3.14. The van der Waals surface area contributed by atoms with Crippen LogP contribution in [0.1, 0.15) is 16.2 Å². The van der Waals surface area contributed by atoms with Crippen LogP contribution in [-0.2, 0) is 0 Å². The van der Waals surface area contributed by atoms with Gasteiger partial charge < -0.3 is 14.8 Å². The summed E-state index contributed by atoms with van der Waals surface area (Å²) < 4.78 is 12.6. The summed E-state index contributed by atoms with van der Waals surface area (Å²) in [4.78, 5) is 24.2. The molecule has 0 saturated carbocycles. The maximum absolute atomic E-state index is 12.9. The molecule has 10 nitrogen and oxygen atoms in total. The molecule has 30 heavy (non-hydrogen) atoms. The number of carbonyl (C=O) groups is 1. The number of aromatic nitrogens is 3. The van der Waals surface area contributed by atoms with E-state index < -0.39 is 10.8 Å². The summed E-state index contributed by atoms with van der Waals surface area (Å²) in [6.45, 7) is 2.59. The second kappa shape index (κ2) is 8.03. The van der Waals surface area contributed by atoms with Crippen molar-refractivity contribution in [2.75, 3.05) is 24.8 Å². The SMILES string of the molecule is CSc1cc2c(cc1NC(=O)c1nnn(-c3cccc([N+](=O)[O-])c3)c1C)OCCO2. The van der Waals surface area contributed by atoms with E-state index in [1.165, 1.54) is 28.6 Å². The van der Waals surface area contributed by atoms with Crippen molar-refractivity contribution >= 4 is 29.0 Å². The number of fused-ring (bicyclic) bond motifs is 1. The minimum absolute atomic E-state index is 0.0747. The molecule has 154 valence electrons. The number of ether oxygens (including phenoxy) is 2. The van der Waals surface area contributed by atoms with Crippen LogP contribution < -0.4 is 14.8 Å². The molecule has 0 bridgehead atoms. The van der Waals surface area contributed by atoms with Gasteiger partial charge in [-0.1, -0.05) is 11.3 Å². The van der Waals surface area contributed by atoms with Crippen molar-refractivity contribution < 1.29 is 19.2 Å². The number of carbonyl (C=O) groups excluding carboxylic acids is 1. The van der Waals surface area contributed by atoms with Crippen molar-refractivity contribution in [3.05, 3.63) is 57.9 Å². The van der Waals surface area contributed by atoms with Crippen LogP contribution in [0.25, 0.3) is 5.69 Å². The minimum Gasteiger partial charge on any atom is -0.486 e. The highest BCUT2D eigenvalue weighted by Gasteiger charge is 2.21. The highest BCUT2D eigenvalue weighted by Crippen LogP contribution is 2.39. The summed E-state index contributed by atoms with van der Waals surface area (Å²) in [6.07, 6.45) is 1.89. The second-order valence-electron chi connectivity index (χ2n) is 6.36. The third-order valence-electron chi connectivity index (χ3n) is 4.51. The van der Waals surface area contributed by atoms with E-state index in [-0.39, 0.29) is 11.4 Å². The van der Waals surface area contributed by atoms with Gasteiger partial charge in [-0.3, -0.25) is 14.9 Å². The molecule has 3 aromatic rings. The van der Waals surface area contributed by atoms with Crippen LogP contribution in [0.3, 0.4) is 0 Å². The lowest BCUT2D eigenvalue weighted by Gasteiger charge is -2.20. The highest BCUT2D eigenvalue weighted by molar-refractivity contribution is 7.98. The number of nitrogens with one attached hydrogen (secondary N) is 1. The van der Waals surface area contributed by atoms with Gasteiger partial charge in [0.15, 0.2) is 17.2 Å². The Morgan fingerprint density at radius 2 is 1.97 bits per heavy atom. The first-order valence-electron chi connectivity index (χ1n) is 8.94. The van der Waals surface area contributed by atoms with Crippen LogP contribution in [0.5, 0.6) is 11.5 Å². The monoisotopic (exact) mass is 427 g/mol. The first kappa shape index (κ1) is 19.7. The lowest BCUT2D eigenvalue weighted by atomic mass is 10.2.